The number of rotatable bonds is 5. The van der Waals surface area contributed by atoms with Gasteiger partial charge in [0.15, 0.2) is 0 Å². The van der Waals surface area contributed by atoms with Crippen molar-refractivity contribution < 1.29 is 9.90 Å². The van der Waals surface area contributed by atoms with Crippen LogP contribution in [0.3, 0.4) is 0 Å². The van der Waals surface area contributed by atoms with Crippen LogP contribution in [0.25, 0.3) is 0 Å². The van der Waals surface area contributed by atoms with Gasteiger partial charge in [-0.15, -0.1) is 0 Å². The number of amides is 1. The van der Waals surface area contributed by atoms with E-state index in [0.29, 0.717) is 25.9 Å². The minimum atomic E-state index is -0.475. The molecule has 4 N–H and O–H groups in total. The molecule has 0 rings (SSSR count). The molecule has 0 saturated carbocycles. The zero-order valence-corrected chi connectivity index (χ0v) is 6.84. The van der Waals surface area contributed by atoms with Gasteiger partial charge in [0.25, 0.3) is 0 Å². The standard InChI is InChI=1S/C7H16N2O2/c1-6(10)5-9-7(11)3-2-4-8/h6,10H,2-5,8H2,1H3,(H,9,11). The summed E-state index contributed by atoms with van der Waals surface area (Å²) in [6, 6.07) is 0. The largest absolute Gasteiger partial charge is 0.392 e. The van der Waals surface area contributed by atoms with E-state index in [4.69, 9.17) is 10.8 Å². The third kappa shape index (κ3) is 7.29. The summed E-state index contributed by atoms with van der Waals surface area (Å²) >= 11 is 0. The van der Waals surface area contributed by atoms with Crippen LogP contribution in [0.1, 0.15) is 19.8 Å². The first-order valence-electron chi connectivity index (χ1n) is 3.81. The van der Waals surface area contributed by atoms with Crippen molar-refractivity contribution in [2.24, 2.45) is 5.73 Å². The first kappa shape index (κ1) is 10.4. The highest BCUT2D eigenvalue weighted by Crippen LogP contribution is 1.85. The molecule has 1 unspecified atom stereocenters. The van der Waals surface area contributed by atoms with E-state index >= 15 is 0 Å². The number of hydrogen-bond acceptors (Lipinski definition) is 3. The number of nitrogens with one attached hydrogen (secondary N) is 1. The summed E-state index contributed by atoms with van der Waals surface area (Å²) in [6.45, 7) is 2.48. The van der Waals surface area contributed by atoms with E-state index in [9.17, 15) is 4.79 Å². The molecule has 4 heteroatoms. The lowest BCUT2D eigenvalue weighted by molar-refractivity contribution is -0.121. The summed E-state index contributed by atoms with van der Waals surface area (Å²) in [5.74, 6) is -0.0450. The Kier molecular flexibility index (Phi) is 5.78. The zero-order chi connectivity index (χ0) is 8.69. The molecule has 1 atom stereocenters. The summed E-state index contributed by atoms with van der Waals surface area (Å²) in [5, 5.41) is 11.4. The monoisotopic (exact) mass is 160 g/mol. The number of hydrogen-bond donors (Lipinski definition) is 3. The fourth-order valence-electron chi connectivity index (χ4n) is 0.613. The van der Waals surface area contributed by atoms with Gasteiger partial charge in [0.1, 0.15) is 0 Å². The highest BCUT2D eigenvalue weighted by atomic mass is 16.3. The summed E-state index contributed by atoms with van der Waals surface area (Å²) < 4.78 is 0. The Hall–Kier alpha value is -0.610. The number of aliphatic hydroxyl groups excluding tert-OH is 1. The molecule has 0 aliphatic heterocycles. The van der Waals surface area contributed by atoms with Gasteiger partial charge in [0.05, 0.1) is 6.10 Å². The minimum absolute atomic E-state index is 0.0450. The van der Waals surface area contributed by atoms with Gasteiger partial charge >= 0.3 is 0 Å². The van der Waals surface area contributed by atoms with Gasteiger partial charge in [0, 0.05) is 13.0 Å². The molecule has 0 saturated heterocycles. The van der Waals surface area contributed by atoms with Crippen LogP contribution in [0.2, 0.25) is 0 Å². The maximum atomic E-state index is 10.8. The van der Waals surface area contributed by atoms with Crippen molar-refractivity contribution in [2.45, 2.75) is 25.9 Å². The highest BCUT2D eigenvalue weighted by molar-refractivity contribution is 5.75. The van der Waals surface area contributed by atoms with Gasteiger partial charge < -0.3 is 16.2 Å². The molecule has 0 aliphatic carbocycles. The molecule has 11 heavy (non-hydrogen) atoms. The van der Waals surface area contributed by atoms with Crippen molar-refractivity contribution in [3.05, 3.63) is 0 Å². The molecular weight excluding hydrogens is 144 g/mol. The predicted octanol–water partition coefficient (Wildman–Crippen LogP) is -0.778. The van der Waals surface area contributed by atoms with Gasteiger partial charge in [-0.05, 0) is 19.9 Å². The van der Waals surface area contributed by atoms with Crippen LogP contribution in [0.15, 0.2) is 0 Å². The molecular formula is C7H16N2O2. The Balaban J connectivity index is 3.23. The molecule has 0 bridgehead atoms. The molecule has 0 fully saturated rings. The maximum absolute atomic E-state index is 10.8. The van der Waals surface area contributed by atoms with E-state index < -0.39 is 6.10 Å². The first-order chi connectivity index (χ1) is 5.16. The molecule has 0 aliphatic rings. The van der Waals surface area contributed by atoms with Gasteiger partial charge in [-0.1, -0.05) is 0 Å². The van der Waals surface area contributed by atoms with Gasteiger partial charge in [0.2, 0.25) is 5.91 Å². The average Bonchev–Trinajstić information content (AvgIpc) is 1.97. The predicted molar refractivity (Wildman–Crippen MR) is 43.0 cm³/mol. The Bertz CT molecular complexity index is 115. The van der Waals surface area contributed by atoms with Crippen LogP contribution in [0.5, 0.6) is 0 Å². The van der Waals surface area contributed by atoms with E-state index in [1.54, 1.807) is 6.92 Å². The molecule has 0 radical (unpaired) electrons. The van der Waals surface area contributed by atoms with E-state index in [-0.39, 0.29) is 5.91 Å². The maximum Gasteiger partial charge on any atom is 0.220 e. The molecule has 66 valence electrons. The van der Waals surface area contributed by atoms with Crippen molar-refractivity contribution >= 4 is 5.91 Å². The van der Waals surface area contributed by atoms with Crippen molar-refractivity contribution in [1.29, 1.82) is 0 Å². The van der Waals surface area contributed by atoms with Crippen molar-refractivity contribution in [3.63, 3.8) is 0 Å². The summed E-state index contributed by atoms with van der Waals surface area (Å²) in [7, 11) is 0. The number of aliphatic hydroxyl groups is 1. The molecule has 0 spiro atoms. The normalized spacial score (nSPS) is 12.6. The Labute approximate surface area is 66.8 Å². The zero-order valence-electron chi connectivity index (χ0n) is 6.84. The van der Waals surface area contributed by atoms with Crippen molar-refractivity contribution in [3.8, 4) is 0 Å². The van der Waals surface area contributed by atoms with Crippen LogP contribution in [0.4, 0.5) is 0 Å². The van der Waals surface area contributed by atoms with Crippen molar-refractivity contribution in [2.75, 3.05) is 13.1 Å². The SMILES string of the molecule is CC(O)CNC(=O)CCCN. The molecule has 0 aromatic carbocycles. The summed E-state index contributed by atoms with van der Waals surface area (Å²) in [6.07, 6.45) is 0.673. The first-order valence-corrected chi connectivity index (χ1v) is 3.81. The van der Waals surface area contributed by atoms with Gasteiger partial charge in [-0.25, -0.2) is 0 Å². The number of carbonyl (C=O) groups excluding carboxylic acids is 1. The third-order valence-corrected chi connectivity index (χ3v) is 1.20. The number of carbonyl (C=O) groups is 1. The van der Waals surface area contributed by atoms with Crippen LogP contribution >= 0.6 is 0 Å². The quantitative estimate of drug-likeness (QED) is 0.494. The number of nitrogens with two attached hydrogens (primary N) is 1. The van der Waals surface area contributed by atoms with Crippen LogP contribution < -0.4 is 11.1 Å². The average molecular weight is 160 g/mol. The Morgan fingerprint density at radius 3 is 2.82 bits per heavy atom. The second-order valence-corrected chi connectivity index (χ2v) is 2.55. The molecule has 4 nitrogen and oxygen atoms in total. The van der Waals surface area contributed by atoms with E-state index in [0.717, 1.165) is 0 Å². The van der Waals surface area contributed by atoms with Crippen LogP contribution in [-0.2, 0) is 4.79 Å². The topological polar surface area (TPSA) is 75.3 Å². The van der Waals surface area contributed by atoms with Crippen LogP contribution in [0, 0.1) is 0 Å². The van der Waals surface area contributed by atoms with E-state index in [1.807, 2.05) is 0 Å². The molecule has 0 heterocycles. The second-order valence-electron chi connectivity index (χ2n) is 2.55. The van der Waals surface area contributed by atoms with Gasteiger partial charge in [-0.3, -0.25) is 4.79 Å². The highest BCUT2D eigenvalue weighted by Gasteiger charge is 2.00. The Morgan fingerprint density at radius 1 is 1.73 bits per heavy atom. The minimum Gasteiger partial charge on any atom is -0.392 e. The molecule has 0 aromatic rings. The van der Waals surface area contributed by atoms with Crippen LogP contribution in [-0.4, -0.2) is 30.2 Å². The molecule has 1 amide bonds. The lowest BCUT2D eigenvalue weighted by atomic mass is 10.3. The van der Waals surface area contributed by atoms with Gasteiger partial charge in [-0.2, -0.15) is 0 Å². The summed E-state index contributed by atoms with van der Waals surface area (Å²) in [4.78, 5) is 10.8. The fourth-order valence-corrected chi connectivity index (χ4v) is 0.613. The lowest BCUT2D eigenvalue weighted by Gasteiger charge is -2.05. The third-order valence-electron chi connectivity index (χ3n) is 1.20. The summed E-state index contributed by atoms with van der Waals surface area (Å²) in [5.41, 5.74) is 5.20. The Morgan fingerprint density at radius 2 is 2.36 bits per heavy atom. The van der Waals surface area contributed by atoms with E-state index in [2.05, 4.69) is 5.32 Å². The fraction of sp³-hybridized carbons (Fsp3) is 0.857. The lowest BCUT2D eigenvalue weighted by Crippen LogP contribution is -2.30. The second kappa shape index (κ2) is 6.12. The van der Waals surface area contributed by atoms with Crippen molar-refractivity contribution in [1.82, 2.24) is 5.32 Å². The molecule has 0 aromatic heterocycles. The van der Waals surface area contributed by atoms with E-state index in [1.165, 1.54) is 0 Å². The smallest absolute Gasteiger partial charge is 0.220 e.